The van der Waals surface area contributed by atoms with Gasteiger partial charge in [0, 0.05) is 0 Å². The summed E-state index contributed by atoms with van der Waals surface area (Å²) in [7, 11) is -4.52. The van der Waals surface area contributed by atoms with Crippen LogP contribution in [-0.4, -0.2) is 42.8 Å². The lowest BCUT2D eigenvalue weighted by Gasteiger charge is -2.23. The van der Waals surface area contributed by atoms with Crippen LogP contribution in [-0.2, 0) is 26.0 Å². The maximum absolute atomic E-state index is 13.5. The Morgan fingerprint density at radius 2 is 1.62 bits per heavy atom. The number of amides is 1. The molecule has 0 unspecified atom stereocenters. The van der Waals surface area contributed by atoms with Gasteiger partial charge >= 0.3 is 6.29 Å². The van der Waals surface area contributed by atoms with Crippen molar-refractivity contribution in [3.05, 3.63) is 58.1 Å². The van der Waals surface area contributed by atoms with Crippen LogP contribution < -0.4 is 14.2 Å². The molecule has 2 N–H and O–H groups in total. The van der Waals surface area contributed by atoms with E-state index in [2.05, 4.69) is 14.5 Å². The van der Waals surface area contributed by atoms with E-state index in [9.17, 15) is 31.9 Å². The first-order valence-corrected chi connectivity index (χ1v) is 14.5. The summed E-state index contributed by atoms with van der Waals surface area (Å²) in [5.74, 6) is -1.95. The normalized spacial score (nSPS) is 16.2. The molecule has 2 aliphatic rings. The second-order valence-electron chi connectivity index (χ2n) is 11.2. The highest BCUT2D eigenvalue weighted by atomic mass is 32.2. The van der Waals surface area contributed by atoms with E-state index >= 15 is 0 Å². The molecular weight excluding hydrogens is 570 g/mol. The topological polar surface area (TPSA) is 131 Å². The van der Waals surface area contributed by atoms with Gasteiger partial charge < -0.3 is 14.6 Å². The van der Waals surface area contributed by atoms with Crippen LogP contribution in [0.4, 0.5) is 8.78 Å². The molecule has 228 valence electrons. The number of alkyl halides is 2. The monoisotopic (exact) mass is 606 g/mol. The third-order valence-corrected chi connectivity index (χ3v) is 8.23. The van der Waals surface area contributed by atoms with Crippen molar-refractivity contribution in [2.75, 3.05) is 0 Å². The van der Waals surface area contributed by atoms with E-state index in [0.717, 1.165) is 17.3 Å². The molecule has 2 aromatic carbocycles. The highest BCUT2D eigenvalue weighted by molar-refractivity contribution is 7.94. The first-order chi connectivity index (χ1) is 18.9. The number of carbonyl (C=O) groups excluding carboxylic acids is 2. The number of allylic oxidation sites excluding steroid dienone is 1. The van der Waals surface area contributed by atoms with Crippen molar-refractivity contribution in [1.29, 1.82) is 0 Å². The average Bonchev–Trinajstić information content (AvgIpc) is 3.15. The van der Waals surface area contributed by atoms with Gasteiger partial charge in [0.2, 0.25) is 5.91 Å². The number of benzene rings is 2. The maximum Gasteiger partial charge on any atom is 0.586 e. The van der Waals surface area contributed by atoms with Crippen molar-refractivity contribution in [3.8, 4) is 22.6 Å². The number of ketones is 1. The molecule has 0 bridgehead atoms. The summed E-state index contributed by atoms with van der Waals surface area (Å²) >= 11 is 0. The number of hydrogen-bond donors (Lipinski definition) is 2. The number of aliphatic hydroxyl groups is 1. The molecule has 0 aliphatic carbocycles. The van der Waals surface area contributed by atoms with Crippen molar-refractivity contribution < 1.29 is 41.4 Å². The molecule has 0 saturated heterocycles. The molecule has 0 aromatic heterocycles. The van der Waals surface area contributed by atoms with Crippen LogP contribution in [0.25, 0.3) is 11.1 Å². The largest absolute Gasteiger partial charge is 0.586 e. The molecule has 2 aliphatic heterocycles. The number of carbonyl (C=O) groups is 2. The first kappa shape index (κ1) is 32.9. The minimum atomic E-state index is -4.52. The minimum Gasteiger partial charge on any atom is -0.395 e. The van der Waals surface area contributed by atoms with Gasteiger partial charge in [0.05, 0.1) is 30.4 Å². The molecule has 9 nitrogen and oxygen atoms in total. The van der Waals surface area contributed by atoms with Gasteiger partial charge in [0.1, 0.15) is 4.91 Å². The van der Waals surface area contributed by atoms with E-state index in [1.165, 1.54) is 26.0 Å². The lowest BCUT2D eigenvalue weighted by Crippen LogP contribution is -2.39. The minimum absolute atomic E-state index is 0. The summed E-state index contributed by atoms with van der Waals surface area (Å²) < 4.78 is 64.0. The molecule has 12 heteroatoms. The van der Waals surface area contributed by atoms with Crippen LogP contribution >= 0.6 is 0 Å². The Kier molecular flexibility index (Phi) is 9.05. The molecule has 42 heavy (non-hydrogen) atoms. The van der Waals surface area contributed by atoms with E-state index in [1.54, 1.807) is 6.07 Å². The molecule has 2 heterocycles. The summed E-state index contributed by atoms with van der Waals surface area (Å²) in [6, 6.07) is 8.16. The summed E-state index contributed by atoms with van der Waals surface area (Å²) in [5, 5.41) is 10.1. The third kappa shape index (κ3) is 6.87. The van der Waals surface area contributed by atoms with Crippen LogP contribution in [0.15, 0.2) is 46.4 Å². The molecule has 4 rings (SSSR count). The Hall–Kier alpha value is -3.64. The lowest BCUT2D eigenvalue weighted by molar-refractivity contribution is -0.286. The molecule has 1 amide bonds. The lowest BCUT2D eigenvalue weighted by atomic mass is 9.84. The van der Waals surface area contributed by atoms with E-state index in [0.29, 0.717) is 16.7 Å². The van der Waals surface area contributed by atoms with E-state index < -0.39 is 44.9 Å². The highest BCUT2D eigenvalue weighted by Gasteiger charge is 2.43. The zero-order valence-corrected chi connectivity index (χ0v) is 24.4. The van der Waals surface area contributed by atoms with Crippen LogP contribution in [0.5, 0.6) is 11.5 Å². The van der Waals surface area contributed by atoms with Crippen LogP contribution in [0, 0.1) is 0 Å². The first-order valence-electron chi connectivity index (χ1n) is 13.0. The fourth-order valence-electron chi connectivity index (χ4n) is 4.74. The number of ether oxygens (including phenoxy) is 2. The number of nitrogens with zero attached hydrogens (tertiary/aromatic N) is 1. The van der Waals surface area contributed by atoms with E-state index in [1.807, 2.05) is 44.5 Å². The standard InChI is InChI=1S/C29H32F2N2O7S.CH4/c1-15(2)19-9-18(17-7-8-23-24(11-17)40-29(30,31)39-23)10-20(16(3)4)21(19)12-27(35)33-41(37,38)25-14-32-26(13-22(25)34)28(5,6)36;/h7-11,14-16,36H,12-13H2,1-6H3,(H,33,35);1H4. The quantitative estimate of drug-likeness (QED) is 0.402. The van der Waals surface area contributed by atoms with Gasteiger partial charge in [0.15, 0.2) is 17.3 Å². The Bertz CT molecular complexity index is 1560. The summed E-state index contributed by atoms with van der Waals surface area (Å²) in [6.07, 6.45) is -3.57. The van der Waals surface area contributed by atoms with Crippen molar-refractivity contribution in [2.45, 2.75) is 85.5 Å². The molecule has 0 fully saturated rings. The van der Waals surface area contributed by atoms with Gasteiger partial charge in [0.25, 0.3) is 10.0 Å². The zero-order valence-electron chi connectivity index (χ0n) is 23.5. The molecule has 0 spiro atoms. The average molecular weight is 607 g/mol. The number of sulfonamides is 1. The Morgan fingerprint density at radius 3 is 2.14 bits per heavy atom. The summed E-state index contributed by atoms with van der Waals surface area (Å²) in [6.45, 7) is 10.6. The Morgan fingerprint density at radius 1 is 1.05 bits per heavy atom. The van der Waals surface area contributed by atoms with Gasteiger partial charge in [-0.1, -0.05) is 53.3 Å². The van der Waals surface area contributed by atoms with Gasteiger partial charge in [-0.05, 0) is 65.6 Å². The Labute approximate surface area is 244 Å². The second-order valence-corrected chi connectivity index (χ2v) is 12.9. The van der Waals surface area contributed by atoms with E-state index in [-0.39, 0.29) is 42.9 Å². The number of hydrogen-bond acceptors (Lipinski definition) is 8. The van der Waals surface area contributed by atoms with Gasteiger partial charge in [-0.25, -0.2) is 13.1 Å². The highest BCUT2D eigenvalue weighted by Crippen LogP contribution is 2.44. The van der Waals surface area contributed by atoms with Crippen molar-refractivity contribution in [1.82, 2.24) is 4.72 Å². The molecular formula is C30H36F2N2O7S. The van der Waals surface area contributed by atoms with Crippen LogP contribution in [0.1, 0.15) is 83.9 Å². The number of nitrogens with one attached hydrogen (secondary N) is 1. The van der Waals surface area contributed by atoms with Crippen molar-refractivity contribution in [2.24, 2.45) is 4.99 Å². The summed E-state index contributed by atoms with van der Waals surface area (Å²) in [5.41, 5.74) is 2.19. The van der Waals surface area contributed by atoms with Crippen LogP contribution in [0.2, 0.25) is 0 Å². The fraction of sp³-hybridized carbons (Fsp3) is 0.433. The van der Waals surface area contributed by atoms with Crippen molar-refractivity contribution >= 4 is 27.4 Å². The fourth-order valence-corrected chi connectivity index (χ4v) is 5.78. The van der Waals surface area contributed by atoms with Gasteiger partial charge in [-0.2, -0.15) is 0 Å². The van der Waals surface area contributed by atoms with E-state index in [4.69, 9.17) is 0 Å². The number of halogens is 2. The smallest absolute Gasteiger partial charge is 0.395 e. The molecule has 2 aromatic rings. The zero-order chi connectivity index (χ0) is 30.5. The predicted molar refractivity (Wildman–Crippen MR) is 155 cm³/mol. The number of Topliss-reactive ketones (excluding diaryl/α,β-unsaturated/α-hetero) is 1. The number of fused-ring (bicyclic) bond motifs is 1. The molecule has 0 radical (unpaired) electrons. The number of aliphatic imine (C=N–C) groups is 1. The SMILES string of the molecule is C.CC(C)c1cc(-c2ccc3c(c2)OC(F)(F)O3)cc(C(C)C)c1CC(=O)NS(=O)(=O)C1=CN=C(C(C)(C)O)CC1=O. The van der Waals surface area contributed by atoms with Crippen LogP contribution in [0.3, 0.4) is 0 Å². The summed E-state index contributed by atoms with van der Waals surface area (Å²) in [4.78, 5) is 28.9. The predicted octanol–water partition coefficient (Wildman–Crippen LogP) is 5.57. The molecule has 0 saturated carbocycles. The maximum atomic E-state index is 13.5. The third-order valence-electron chi connectivity index (χ3n) is 6.82. The molecule has 0 atom stereocenters. The Balaban J connectivity index is 0.00000484. The second kappa shape index (κ2) is 11.6. The number of rotatable bonds is 8. The van der Waals surface area contributed by atoms with Gasteiger partial charge in [-0.3, -0.25) is 14.6 Å². The van der Waals surface area contributed by atoms with Crippen molar-refractivity contribution in [3.63, 3.8) is 0 Å². The van der Waals surface area contributed by atoms with Gasteiger partial charge in [-0.15, -0.1) is 8.78 Å².